The number of benzene rings is 3. The fourth-order valence-corrected chi connectivity index (χ4v) is 9.08. The number of nitrogens with zero attached hydrogens (tertiary/aromatic N) is 3. The lowest BCUT2D eigenvalue weighted by atomic mass is 10.1. The summed E-state index contributed by atoms with van der Waals surface area (Å²) in [6, 6.07) is 19.0. The van der Waals surface area contributed by atoms with Gasteiger partial charge in [0.2, 0.25) is 11.5 Å². The standard InChI is InChI=1S/C63H101N3O6/c1-7-13-19-25-34-42-67-56-48-54(49-57(68-43-35-26-20-14-8-2)60(56)71-46-38-29-23-17-11-5)62-64-65-63(66(62)52-53-40-32-31-33-41-53)55-50-58(69-44-36-27-21-15-9-3)61(72-47-39-30-24-18-12-6)59(51-55)70-45-37-28-22-16-10-4/h31-33,40-41,48-51H,7-30,34-39,42-47,52H2,1-6H3. The number of aromatic nitrogens is 3. The van der Waals surface area contributed by atoms with Gasteiger partial charge in [-0.15, -0.1) is 10.2 Å². The van der Waals surface area contributed by atoms with Gasteiger partial charge in [-0.1, -0.05) is 226 Å². The van der Waals surface area contributed by atoms with Gasteiger partial charge >= 0.3 is 0 Å². The third-order valence-electron chi connectivity index (χ3n) is 13.5. The van der Waals surface area contributed by atoms with Crippen LogP contribution in [0.3, 0.4) is 0 Å². The van der Waals surface area contributed by atoms with E-state index in [4.69, 9.17) is 38.6 Å². The molecule has 1 aromatic heterocycles. The number of unbranched alkanes of at least 4 members (excludes halogenated alkanes) is 24. The van der Waals surface area contributed by atoms with Crippen LogP contribution in [-0.4, -0.2) is 54.4 Å². The van der Waals surface area contributed by atoms with Crippen LogP contribution in [0.15, 0.2) is 54.6 Å². The largest absolute Gasteiger partial charge is 0.490 e. The van der Waals surface area contributed by atoms with Crippen LogP contribution in [0, 0.1) is 0 Å². The number of hydrogen-bond acceptors (Lipinski definition) is 8. The molecule has 9 heteroatoms. The Bertz CT molecular complexity index is 1760. The van der Waals surface area contributed by atoms with Crippen LogP contribution in [0.25, 0.3) is 22.8 Å². The molecule has 3 aromatic carbocycles. The quantitative estimate of drug-likeness (QED) is 0.0405. The zero-order chi connectivity index (χ0) is 51.1. The molecule has 9 nitrogen and oxygen atoms in total. The molecule has 4 aromatic rings. The van der Waals surface area contributed by atoms with Gasteiger partial charge in [-0.25, -0.2) is 0 Å². The number of ether oxygens (including phenoxy) is 6. The molecule has 0 atom stereocenters. The third kappa shape index (κ3) is 23.2. The van der Waals surface area contributed by atoms with Crippen molar-refractivity contribution < 1.29 is 28.4 Å². The summed E-state index contributed by atoms with van der Waals surface area (Å²) in [5.74, 6) is 5.65. The minimum atomic E-state index is 0.549. The van der Waals surface area contributed by atoms with Crippen molar-refractivity contribution in [3.05, 3.63) is 60.2 Å². The molecule has 0 amide bonds. The summed E-state index contributed by atoms with van der Waals surface area (Å²) >= 11 is 0. The summed E-state index contributed by atoms with van der Waals surface area (Å²) in [5.41, 5.74) is 2.89. The van der Waals surface area contributed by atoms with Crippen LogP contribution in [0.2, 0.25) is 0 Å². The maximum Gasteiger partial charge on any atom is 0.203 e. The summed E-state index contributed by atoms with van der Waals surface area (Å²) in [7, 11) is 0. The van der Waals surface area contributed by atoms with Crippen LogP contribution in [-0.2, 0) is 6.54 Å². The summed E-state index contributed by atoms with van der Waals surface area (Å²) in [5, 5.41) is 10.1. The van der Waals surface area contributed by atoms with Gasteiger partial charge in [-0.3, -0.25) is 0 Å². The zero-order valence-electron chi connectivity index (χ0n) is 46.7. The first kappa shape index (κ1) is 60.2. The van der Waals surface area contributed by atoms with Crippen LogP contribution in [0.5, 0.6) is 34.5 Å². The molecule has 0 aliphatic carbocycles. The van der Waals surface area contributed by atoms with E-state index in [-0.39, 0.29) is 0 Å². The predicted molar refractivity (Wildman–Crippen MR) is 302 cm³/mol. The van der Waals surface area contributed by atoms with Crippen LogP contribution in [0.4, 0.5) is 0 Å². The van der Waals surface area contributed by atoms with Crippen molar-refractivity contribution in [3.8, 4) is 57.3 Å². The van der Waals surface area contributed by atoms with E-state index in [1.807, 2.05) is 0 Å². The van der Waals surface area contributed by atoms with Gasteiger partial charge < -0.3 is 33.0 Å². The molecule has 404 valence electrons. The van der Waals surface area contributed by atoms with Gasteiger partial charge in [0.1, 0.15) is 0 Å². The highest BCUT2D eigenvalue weighted by Gasteiger charge is 2.25. The summed E-state index contributed by atoms with van der Waals surface area (Å²) in [4.78, 5) is 0. The fourth-order valence-electron chi connectivity index (χ4n) is 9.08. The smallest absolute Gasteiger partial charge is 0.203 e. The van der Waals surface area contributed by atoms with E-state index in [1.54, 1.807) is 0 Å². The molecule has 72 heavy (non-hydrogen) atoms. The lowest BCUT2D eigenvalue weighted by molar-refractivity contribution is 0.234. The Labute approximate surface area is 439 Å². The van der Waals surface area contributed by atoms with Crippen molar-refractivity contribution in [2.45, 2.75) is 241 Å². The topological polar surface area (TPSA) is 86.1 Å². The molecule has 0 N–H and O–H groups in total. The number of rotatable bonds is 46. The monoisotopic (exact) mass is 996 g/mol. The first-order valence-electron chi connectivity index (χ1n) is 29.7. The highest BCUT2D eigenvalue weighted by Crippen LogP contribution is 2.45. The highest BCUT2D eigenvalue weighted by atomic mass is 16.5. The van der Waals surface area contributed by atoms with Gasteiger partial charge in [-0.05, 0) is 68.4 Å². The fraction of sp³-hybridized carbons (Fsp3) is 0.683. The Hall–Kier alpha value is -4.40. The van der Waals surface area contributed by atoms with Gasteiger partial charge in [-0.2, -0.15) is 0 Å². The van der Waals surface area contributed by atoms with E-state index < -0.39 is 0 Å². The summed E-state index contributed by atoms with van der Waals surface area (Å²) in [6.07, 6.45) is 34.7. The van der Waals surface area contributed by atoms with Crippen molar-refractivity contribution in [1.82, 2.24) is 14.8 Å². The number of hydrogen-bond donors (Lipinski definition) is 0. The molecule has 0 fully saturated rings. The SMILES string of the molecule is CCCCCCCOc1cc(-c2nnc(-c3cc(OCCCCCCC)c(OCCCCCCC)c(OCCCCCCC)c3)n2Cc2ccccc2)cc(OCCCCCCC)c1OCCCCCCC. The first-order valence-corrected chi connectivity index (χ1v) is 29.7. The second kappa shape index (κ2) is 39.1. The van der Waals surface area contributed by atoms with Crippen LogP contribution >= 0.6 is 0 Å². The average Bonchev–Trinajstić information content (AvgIpc) is 3.81. The predicted octanol–water partition coefficient (Wildman–Crippen LogP) is 18.8. The second-order valence-corrected chi connectivity index (χ2v) is 20.1. The maximum atomic E-state index is 6.76. The van der Waals surface area contributed by atoms with Gasteiger partial charge in [0, 0.05) is 11.1 Å². The van der Waals surface area contributed by atoms with E-state index in [1.165, 1.54) is 116 Å². The second-order valence-electron chi connectivity index (χ2n) is 20.1. The minimum Gasteiger partial charge on any atom is -0.490 e. The van der Waals surface area contributed by atoms with Crippen molar-refractivity contribution in [2.75, 3.05) is 39.6 Å². The van der Waals surface area contributed by atoms with Crippen molar-refractivity contribution in [3.63, 3.8) is 0 Å². The Morgan fingerprint density at radius 3 is 0.861 bits per heavy atom. The van der Waals surface area contributed by atoms with Crippen molar-refractivity contribution in [1.29, 1.82) is 0 Å². The van der Waals surface area contributed by atoms with Crippen LogP contribution in [0.1, 0.15) is 240 Å². The molecule has 4 rings (SSSR count). The normalized spacial score (nSPS) is 11.3. The Morgan fingerprint density at radius 2 is 0.583 bits per heavy atom. The molecule has 0 aliphatic rings. The first-order chi connectivity index (χ1) is 35.6. The van der Waals surface area contributed by atoms with Crippen molar-refractivity contribution >= 4 is 0 Å². The lowest BCUT2D eigenvalue weighted by Crippen LogP contribution is -2.09. The van der Waals surface area contributed by atoms with E-state index in [0.29, 0.717) is 80.7 Å². The molecule has 0 saturated carbocycles. The Balaban J connectivity index is 1.87. The molecule has 0 saturated heterocycles. The van der Waals surface area contributed by atoms with Crippen molar-refractivity contribution in [2.24, 2.45) is 0 Å². The molecule has 0 aliphatic heterocycles. The molecule has 0 spiro atoms. The lowest BCUT2D eigenvalue weighted by Gasteiger charge is -2.20. The molecule has 0 radical (unpaired) electrons. The summed E-state index contributed by atoms with van der Waals surface area (Å²) in [6.45, 7) is 17.7. The minimum absolute atomic E-state index is 0.549. The van der Waals surface area contributed by atoms with E-state index >= 15 is 0 Å². The molecular formula is C63H101N3O6. The van der Waals surface area contributed by atoms with E-state index in [0.717, 1.165) is 105 Å². The maximum absolute atomic E-state index is 6.76. The Morgan fingerprint density at radius 1 is 0.319 bits per heavy atom. The molecule has 0 bridgehead atoms. The van der Waals surface area contributed by atoms with Gasteiger partial charge in [0.05, 0.1) is 46.2 Å². The molecular weight excluding hydrogens is 895 g/mol. The van der Waals surface area contributed by atoms with Crippen LogP contribution < -0.4 is 28.4 Å². The highest BCUT2D eigenvalue weighted by molar-refractivity contribution is 5.72. The zero-order valence-corrected chi connectivity index (χ0v) is 46.7. The van der Waals surface area contributed by atoms with E-state index in [9.17, 15) is 0 Å². The molecule has 0 unspecified atom stereocenters. The molecule has 1 heterocycles. The third-order valence-corrected chi connectivity index (χ3v) is 13.5. The van der Waals surface area contributed by atoms with Gasteiger partial charge in [0.25, 0.3) is 0 Å². The Kier molecular flexibility index (Phi) is 32.7. The van der Waals surface area contributed by atoms with E-state index in [2.05, 4.69) is 101 Å². The summed E-state index contributed by atoms with van der Waals surface area (Å²) < 4.78 is 42.7. The average molecular weight is 997 g/mol. The van der Waals surface area contributed by atoms with Gasteiger partial charge in [0.15, 0.2) is 34.6 Å².